The summed E-state index contributed by atoms with van der Waals surface area (Å²) in [7, 11) is 0. The molecule has 0 unspecified atom stereocenters. The number of nitrogens with one attached hydrogen (secondary N) is 1. The standard InChI is InChI=1S/C23H34FN3O3/c24-20-10-8-19(9-11-20)23(29)27-14-5-13-26(15-16-27)18-22(28)25-12-4-17-30-21-6-2-1-3-7-21/h8-11,21H,1-7,12-18H2,(H,25,28). The van der Waals surface area contributed by atoms with Gasteiger partial charge in [0, 0.05) is 44.9 Å². The second kappa shape index (κ2) is 12.0. The van der Waals surface area contributed by atoms with Gasteiger partial charge in [-0.1, -0.05) is 19.3 Å². The van der Waals surface area contributed by atoms with Gasteiger partial charge in [-0.15, -0.1) is 0 Å². The molecule has 0 spiro atoms. The van der Waals surface area contributed by atoms with Gasteiger partial charge in [0.25, 0.3) is 5.91 Å². The van der Waals surface area contributed by atoms with E-state index in [1.165, 1.54) is 56.4 Å². The molecule has 2 fully saturated rings. The van der Waals surface area contributed by atoms with Gasteiger partial charge >= 0.3 is 0 Å². The molecule has 1 saturated heterocycles. The van der Waals surface area contributed by atoms with Crippen molar-refractivity contribution in [2.24, 2.45) is 0 Å². The molecule has 1 heterocycles. The molecule has 3 rings (SSSR count). The third-order valence-corrected chi connectivity index (χ3v) is 5.88. The first-order chi connectivity index (χ1) is 14.6. The van der Waals surface area contributed by atoms with Crippen LogP contribution in [0, 0.1) is 5.82 Å². The van der Waals surface area contributed by atoms with Crippen LogP contribution in [0.3, 0.4) is 0 Å². The SMILES string of the molecule is O=C(CN1CCCN(C(=O)c2ccc(F)cc2)CC1)NCCCOC1CCCCC1. The van der Waals surface area contributed by atoms with Gasteiger partial charge in [-0.3, -0.25) is 14.5 Å². The average molecular weight is 420 g/mol. The van der Waals surface area contributed by atoms with E-state index in [1.54, 1.807) is 4.90 Å². The smallest absolute Gasteiger partial charge is 0.253 e. The predicted molar refractivity (Wildman–Crippen MR) is 114 cm³/mol. The molecule has 30 heavy (non-hydrogen) atoms. The number of nitrogens with zero attached hydrogens (tertiary/aromatic N) is 2. The van der Waals surface area contributed by atoms with Crippen LogP contribution in [0.4, 0.5) is 4.39 Å². The van der Waals surface area contributed by atoms with Gasteiger partial charge in [-0.05, 0) is 49.9 Å². The van der Waals surface area contributed by atoms with Crippen molar-refractivity contribution < 1.29 is 18.7 Å². The van der Waals surface area contributed by atoms with Crippen LogP contribution in [0.15, 0.2) is 24.3 Å². The normalized spacial score (nSPS) is 18.8. The Morgan fingerprint density at radius 3 is 2.53 bits per heavy atom. The Morgan fingerprint density at radius 1 is 1.00 bits per heavy atom. The number of hydrogen-bond acceptors (Lipinski definition) is 4. The molecule has 1 N–H and O–H groups in total. The predicted octanol–water partition coefficient (Wildman–Crippen LogP) is 2.83. The van der Waals surface area contributed by atoms with Crippen molar-refractivity contribution >= 4 is 11.8 Å². The Hall–Kier alpha value is -1.99. The molecule has 1 aliphatic heterocycles. The molecule has 0 atom stereocenters. The highest BCUT2D eigenvalue weighted by molar-refractivity contribution is 5.94. The zero-order valence-corrected chi connectivity index (χ0v) is 17.8. The summed E-state index contributed by atoms with van der Waals surface area (Å²) >= 11 is 0. The molecule has 1 aromatic carbocycles. The summed E-state index contributed by atoms with van der Waals surface area (Å²) in [4.78, 5) is 28.7. The molecule has 0 radical (unpaired) electrons. The highest BCUT2D eigenvalue weighted by atomic mass is 19.1. The van der Waals surface area contributed by atoms with Crippen molar-refractivity contribution in [3.8, 4) is 0 Å². The maximum atomic E-state index is 13.1. The molecule has 2 aliphatic rings. The molecule has 1 aromatic rings. The van der Waals surface area contributed by atoms with Crippen LogP contribution >= 0.6 is 0 Å². The summed E-state index contributed by atoms with van der Waals surface area (Å²) in [6, 6.07) is 5.65. The van der Waals surface area contributed by atoms with Crippen LogP contribution in [0.5, 0.6) is 0 Å². The minimum Gasteiger partial charge on any atom is -0.378 e. The first kappa shape index (κ1) is 22.7. The number of rotatable bonds is 8. The molecular weight excluding hydrogens is 385 g/mol. The molecule has 1 aliphatic carbocycles. The van der Waals surface area contributed by atoms with E-state index in [0.29, 0.717) is 51.0 Å². The van der Waals surface area contributed by atoms with E-state index < -0.39 is 0 Å². The highest BCUT2D eigenvalue weighted by Crippen LogP contribution is 2.20. The number of ether oxygens (including phenoxy) is 1. The van der Waals surface area contributed by atoms with Crippen molar-refractivity contribution in [1.82, 2.24) is 15.1 Å². The van der Waals surface area contributed by atoms with Crippen molar-refractivity contribution in [3.05, 3.63) is 35.6 Å². The summed E-state index contributed by atoms with van der Waals surface area (Å²) in [5.74, 6) is -0.412. The van der Waals surface area contributed by atoms with E-state index in [-0.39, 0.29) is 17.6 Å². The molecule has 2 amide bonds. The van der Waals surface area contributed by atoms with E-state index in [4.69, 9.17) is 4.74 Å². The molecule has 166 valence electrons. The van der Waals surface area contributed by atoms with Gasteiger partial charge < -0.3 is 15.0 Å². The van der Waals surface area contributed by atoms with E-state index in [2.05, 4.69) is 10.2 Å². The lowest BCUT2D eigenvalue weighted by Crippen LogP contribution is -2.40. The first-order valence-corrected chi connectivity index (χ1v) is 11.3. The number of amides is 2. The maximum Gasteiger partial charge on any atom is 0.253 e. The van der Waals surface area contributed by atoms with Gasteiger partial charge in [0.1, 0.15) is 5.82 Å². The van der Waals surface area contributed by atoms with Crippen molar-refractivity contribution in [3.63, 3.8) is 0 Å². The fourth-order valence-corrected chi connectivity index (χ4v) is 4.15. The minimum atomic E-state index is -0.347. The highest BCUT2D eigenvalue weighted by Gasteiger charge is 2.21. The minimum absolute atomic E-state index is 0.0194. The quantitative estimate of drug-likeness (QED) is 0.659. The summed E-state index contributed by atoms with van der Waals surface area (Å²) < 4.78 is 19.0. The molecule has 7 heteroatoms. The van der Waals surface area contributed by atoms with Gasteiger partial charge in [-0.25, -0.2) is 4.39 Å². The van der Waals surface area contributed by atoms with Crippen LogP contribution in [-0.4, -0.2) is 73.6 Å². The summed E-state index contributed by atoms with van der Waals surface area (Å²) in [6.45, 7) is 4.34. The van der Waals surface area contributed by atoms with E-state index in [9.17, 15) is 14.0 Å². The number of hydrogen-bond donors (Lipinski definition) is 1. The largest absolute Gasteiger partial charge is 0.378 e. The topological polar surface area (TPSA) is 61.9 Å². The summed E-state index contributed by atoms with van der Waals surface area (Å²) in [5.41, 5.74) is 0.498. The van der Waals surface area contributed by atoms with Gasteiger partial charge in [0.05, 0.1) is 12.6 Å². The summed E-state index contributed by atoms with van der Waals surface area (Å²) in [6.07, 6.45) is 8.26. The average Bonchev–Trinajstić information content (AvgIpc) is 3.00. The van der Waals surface area contributed by atoms with Gasteiger partial charge in [0.15, 0.2) is 0 Å². The fraction of sp³-hybridized carbons (Fsp3) is 0.652. The Bertz CT molecular complexity index is 677. The van der Waals surface area contributed by atoms with Crippen LogP contribution in [-0.2, 0) is 9.53 Å². The third-order valence-electron chi connectivity index (χ3n) is 5.88. The van der Waals surface area contributed by atoms with E-state index in [1.807, 2.05) is 0 Å². The zero-order valence-electron chi connectivity index (χ0n) is 17.8. The maximum absolute atomic E-state index is 13.1. The van der Waals surface area contributed by atoms with Crippen LogP contribution < -0.4 is 5.32 Å². The first-order valence-electron chi connectivity index (χ1n) is 11.3. The van der Waals surface area contributed by atoms with Crippen LogP contribution in [0.1, 0.15) is 55.3 Å². The number of carbonyl (C=O) groups is 2. The van der Waals surface area contributed by atoms with Crippen molar-refractivity contribution in [1.29, 1.82) is 0 Å². The molecule has 0 bridgehead atoms. The molecular formula is C23H34FN3O3. The number of benzene rings is 1. The second-order valence-corrected chi connectivity index (χ2v) is 8.26. The number of halogens is 1. The lowest BCUT2D eigenvalue weighted by atomic mass is 9.98. The monoisotopic (exact) mass is 419 g/mol. The molecule has 0 aromatic heterocycles. The second-order valence-electron chi connectivity index (χ2n) is 8.26. The van der Waals surface area contributed by atoms with E-state index in [0.717, 1.165) is 19.4 Å². The Morgan fingerprint density at radius 2 is 1.77 bits per heavy atom. The fourth-order valence-electron chi connectivity index (χ4n) is 4.15. The molecule has 6 nitrogen and oxygen atoms in total. The van der Waals surface area contributed by atoms with E-state index >= 15 is 0 Å². The van der Waals surface area contributed by atoms with Gasteiger partial charge in [-0.2, -0.15) is 0 Å². The third kappa shape index (κ3) is 7.36. The molecule has 1 saturated carbocycles. The number of carbonyl (C=O) groups excluding carboxylic acids is 2. The zero-order chi connectivity index (χ0) is 21.2. The lowest BCUT2D eigenvalue weighted by molar-refractivity contribution is -0.122. The Balaban J connectivity index is 1.31. The van der Waals surface area contributed by atoms with Crippen molar-refractivity contribution in [2.45, 2.75) is 51.0 Å². The van der Waals surface area contributed by atoms with Gasteiger partial charge in [0.2, 0.25) is 5.91 Å². The lowest BCUT2D eigenvalue weighted by Gasteiger charge is -2.22. The Labute approximate surface area is 178 Å². The van der Waals surface area contributed by atoms with Crippen LogP contribution in [0.25, 0.3) is 0 Å². The Kier molecular flexibility index (Phi) is 9.08. The summed E-state index contributed by atoms with van der Waals surface area (Å²) in [5, 5.41) is 2.98. The van der Waals surface area contributed by atoms with Crippen molar-refractivity contribution in [2.75, 3.05) is 45.9 Å². The van der Waals surface area contributed by atoms with Crippen LogP contribution in [0.2, 0.25) is 0 Å².